The lowest BCUT2D eigenvalue weighted by atomic mass is 10.1. The number of nitrogens with one attached hydrogen (secondary N) is 2. The summed E-state index contributed by atoms with van der Waals surface area (Å²) >= 11 is 0. The maximum atomic E-state index is 12.2. The zero-order valence-electron chi connectivity index (χ0n) is 14.1. The molecule has 0 saturated heterocycles. The SMILES string of the molecule is COc1ccc(C(N)=O)cc1NC(=O)NC(C)c1cn(C)nc1C. The molecule has 0 aliphatic heterocycles. The number of amides is 3. The number of carbonyl (C=O) groups is 2. The van der Waals surface area contributed by atoms with Crippen LogP contribution in [0, 0.1) is 6.92 Å². The maximum Gasteiger partial charge on any atom is 0.319 e. The molecule has 0 aliphatic carbocycles. The fourth-order valence-corrected chi connectivity index (χ4v) is 2.43. The molecule has 0 fully saturated rings. The van der Waals surface area contributed by atoms with Crippen LogP contribution in [0.4, 0.5) is 10.5 Å². The third-order valence-corrected chi connectivity index (χ3v) is 3.60. The fourth-order valence-electron chi connectivity index (χ4n) is 2.43. The molecule has 2 aromatic rings. The summed E-state index contributed by atoms with van der Waals surface area (Å²) in [5, 5.41) is 9.75. The van der Waals surface area contributed by atoms with Gasteiger partial charge in [0.2, 0.25) is 5.91 Å². The molecule has 1 aromatic carbocycles. The van der Waals surface area contributed by atoms with Gasteiger partial charge in [-0.05, 0) is 32.0 Å². The molecule has 24 heavy (non-hydrogen) atoms. The van der Waals surface area contributed by atoms with Gasteiger partial charge in [-0.25, -0.2) is 4.79 Å². The highest BCUT2D eigenvalue weighted by Gasteiger charge is 2.16. The topological polar surface area (TPSA) is 111 Å². The molecule has 0 saturated carbocycles. The summed E-state index contributed by atoms with van der Waals surface area (Å²) in [5.41, 5.74) is 7.67. The minimum atomic E-state index is -0.583. The molecule has 4 N–H and O–H groups in total. The smallest absolute Gasteiger partial charge is 0.319 e. The second-order valence-corrected chi connectivity index (χ2v) is 5.44. The zero-order chi connectivity index (χ0) is 17.9. The number of anilines is 1. The number of urea groups is 1. The first-order valence-corrected chi connectivity index (χ1v) is 7.37. The van der Waals surface area contributed by atoms with E-state index in [4.69, 9.17) is 10.5 Å². The van der Waals surface area contributed by atoms with E-state index in [1.165, 1.54) is 19.2 Å². The number of carbonyl (C=O) groups excluding carboxylic acids is 2. The van der Waals surface area contributed by atoms with Crippen molar-refractivity contribution in [3.63, 3.8) is 0 Å². The summed E-state index contributed by atoms with van der Waals surface area (Å²) in [5.74, 6) is -0.152. The number of nitrogens with two attached hydrogens (primary N) is 1. The lowest BCUT2D eigenvalue weighted by Crippen LogP contribution is -2.31. The largest absolute Gasteiger partial charge is 0.495 e. The molecule has 0 radical (unpaired) electrons. The number of aromatic nitrogens is 2. The summed E-state index contributed by atoms with van der Waals surface area (Å²) in [6.07, 6.45) is 1.86. The van der Waals surface area contributed by atoms with Crippen molar-refractivity contribution in [2.75, 3.05) is 12.4 Å². The van der Waals surface area contributed by atoms with Crippen LogP contribution in [-0.4, -0.2) is 28.8 Å². The number of primary amides is 1. The third-order valence-electron chi connectivity index (χ3n) is 3.60. The fraction of sp³-hybridized carbons (Fsp3) is 0.312. The molecular formula is C16H21N5O3. The summed E-state index contributed by atoms with van der Waals surface area (Å²) in [4.78, 5) is 23.5. The van der Waals surface area contributed by atoms with Gasteiger partial charge in [-0.2, -0.15) is 5.10 Å². The Bertz CT molecular complexity index is 769. The Morgan fingerprint density at radius 1 is 1.38 bits per heavy atom. The number of hydrogen-bond donors (Lipinski definition) is 3. The van der Waals surface area contributed by atoms with Crippen molar-refractivity contribution in [3.8, 4) is 5.75 Å². The van der Waals surface area contributed by atoms with Gasteiger partial charge in [-0.15, -0.1) is 0 Å². The molecule has 3 amide bonds. The number of aryl methyl sites for hydroxylation is 2. The van der Waals surface area contributed by atoms with Gasteiger partial charge in [-0.3, -0.25) is 9.48 Å². The van der Waals surface area contributed by atoms with E-state index in [-0.39, 0.29) is 11.6 Å². The molecule has 0 aliphatic rings. The van der Waals surface area contributed by atoms with Gasteiger partial charge in [0.05, 0.1) is 24.5 Å². The molecule has 1 atom stereocenters. The van der Waals surface area contributed by atoms with E-state index in [2.05, 4.69) is 15.7 Å². The second kappa shape index (κ2) is 7.03. The van der Waals surface area contributed by atoms with Crippen LogP contribution in [0.3, 0.4) is 0 Å². The third kappa shape index (κ3) is 3.83. The lowest BCUT2D eigenvalue weighted by molar-refractivity contribution is 0.1000. The molecular weight excluding hydrogens is 310 g/mol. The number of benzene rings is 1. The van der Waals surface area contributed by atoms with Gasteiger partial charge in [-0.1, -0.05) is 0 Å². The van der Waals surface area contributed by atoms with Crippen LogP contribution in [-0.2, 0) is 7.05 Å². The highest BCUT2D eigenvalue weighted by atomic mass is 16.5. The first-order valence-electron chi connectivity index (χ1n) is 7.37. The van der Waals surface area contributed by atoms with Gasteiger partial charge in [0.15, 0.2) is 0 Å². The van der Waals surface area contributed by atoms with E-state index in [0.717, 1.165) is 11.3 Å². The van der Waals surface area contributed by atoms with Crippen LogP contribution in [0.1, 0.15) is 34.6 Å². The number of rotatable bonds is 5. The van der Waals surface area contributed by atoms with Crippen LogP contribution < -0.4 is 21.1 Å². The lowest BCUT2D eigenvalue weighted by Gasteiger charge is -2.16. The van der Waals surface area contributed by atoms with E-state index >= 15 is 0 Å². The monoisotopic (exact) mass is 331 g/mol. The van der Waals surface area contributed by atoms with Gasteiger partial charge < -0.3 is 21.1 Å². The molecule has 0 bridgehead atoms. The zero-order valence-corrected chi connectivity index (χ0v) is 14.1. The quantitative estimate of drug-likeness (QED) is 0.774. The highest BCUT2D eigenvalue weighted by molar-refractivity contribution is 5.97. The minimum Gasteiger partial charge on any atom is -0.495 e. The number of ether oxygens (including phenoxy) is 1. The molecule has 8 nitrogen and oxygen atoms in total. The molecule has 0 spiro atoms. The van der Waals surface area contributed by atoms with Crippen molar-refractivity contribution in [2.45, 2.75) is 19.9 Å². The van der Waals surface area contributed by atoms with E-state index in [1.807, 2.05) is 27.1 Å². The van der Waals surface area contributed by atoms with Crippen molar-refractivity contribution in [1.29, 1.82) is 0 Å². The van der Waals surface area contributed by atoms with Crippen molar-refractivity contribution in [3.05, 3.63) is 41.2 Å². The summed E-state index contributed by atoms with van der Waals surface area (Å²) in [6.45, 7) is 3.74. The summed E-state index contributed by atoms with van der Waals surface area (Å²) in [6, 6.07) is 3.92. The van der Waals surface area contributed by atoms with Crippen molar-refractivity contribution in [1.82, 2.24) is 15.1 Å². The first-order chi connectivity index (χ1) is 11.3. The van der Waals surface area contributed by atoms with Gasteiger partial charge >= 0.3 is 6.03 Å². The Morgan fingerprint density at radius 2 is 2.08 bits per heavy atom. The first kappa shape index (κ1) is 17.3. The Morgan fingerprint density at radius 3 is 2.62 bits per heavy atom. The maximum absolute atomic E-state index is 12.2. The average Bonchev–Trinajstić information content (AvgIpc) is 2.85. The van der Waals surface area contributed by atoms with E-state index in [0.29, 0.717) is 11.4 Å². The standard InChI is InChI=1S/C16H21N5O3/c1-9(12-8-21(3)20-10(12)2)18-16(23)19-13-7-11(15(17)22)5-6-14(13)24-4/h5-9H,1-4H3,(H2,17,22)(H2,18,19,23). The number of hydrogen-bond acceptors (Lipinski definition) is 4. The number of methoxy groups -OCH3 is 1. The average molecular weight is 331 g/mol. The summed E-state index contributed by atoms with van der Waals surface area (Å²) in [7, 11) is 3.30. The molecule has 1 unspecified atom stereocenters. The van der Waals surface area contributed by atoms with Gasteiger partial charge in [0.25, 0.3) is 0 Å². The Balaban J connectivity index is 2.13. The Hall–Kier alpha value is -3.03. The van der Waals surface area contributed by atoms with Crippen LogP contribution in [0.2, 0.25) is 0 Å². The number of nitrogens with zero attached hydrogens (tertiary/aromatic N) is 2. The van der Waals surface area contributed by atoms with E-state index < -0.39 is 11.9 Å². The van der Waals surface area contributed by atoms with Crippen molar-refractivity contribution >= 4 is 17.6 Å². The predicted molar refractivity (Wildman–Crippen MR) is 90.0 cm³/mol. The van der Waals surface area contributed by atoms with Crippen LogP contribution >= 0.6 is 0 Å². The van der Waals surface area contributed by atoms with E-state index in [1.54, 1.807) is 10.7 Å². The minimum absolute atomic E-state index is 0.232. The van der Waals surface area contributed by atoms with Gasteiger partial charge in [0, 0.05) is 24.4 Å². The highest BCUT2D eigenvalue weighted by Crippen LogP contribution is 2.25. The van der Waals surface area contributed by atoms with Crippen molar-refractivity contribution in [2.24, 2.45) is 12.8 Å². The molecule has 1 aromatic heterocycles. The van der Waals surface area contributed by atoms with Crippen molar-refractivity contribution < 1.29 is 14.3 Å². The second-order valence-electron chi connectivity index (χ2n) is 5.44. The van der Waals surface area contributed by atoms with E-state index in [9.17, 15) is 9.59 Å². The van der Waals surface area contributed by atoms with Gasteiger partial charge in [0.1, 0.15) is 5.75 Å². The molecule has 128 valence electrons. The molecule has 2 rings (SSSR count). The normalized spacial score (nSPS) is 11.7. The molecule has 1 heterocycles. The van der Waals surface area contributed by atoms with Crippen LogP contribution in [0.5, 0.6) is 5.75 Å². The van der Waals surface area contributed by atoms with Crippen LogP contribution in [0.15, 0.2) is 24.4 Å². The Labute approximate surface area is 140 Å². The summed E-state index contributed by atoms with van der Waals surface area (Å²) < 4.78 is 6.88. The van der Waals surface area contributed by atoms with Crippen LogP contribution in [0.25, 0.3) is 0 Å². The Kier molecular flexibility index (Phi) is 5.08. The molecule has 8 heteroatoms. The predicted octanol–water partition coefficient (Wildman–Crippen LogP) is 1.72.